The Morgan fingerprint density at radius 1 is 1.17 bits per heavy atom. The van der Waals surface area contributed by atoms with Crippen LogP contribution in [0.3, 0.4) is 0 Å². The molecule has 0 radical (unpaired) electrons. The van der Waals surface area contributed by atoms with Gasteiger partial charge in [0, 0.05) is 39.2 Å². The normalized spacial score (nSPS) is 25.7. The van der Waals surface area contributed by atoms with Crippen LogP contribution in [0.15, 0.2) is 18.2 Å². The lowest BCUT2D eigenvalue weighted by molar-refractivity contribution is 0.0189. The summed E-state index contributed by atoms with van der Waals surface area (Å²) in [6.45, 7) is 3.02. The molecule has 2 heterocycles. The van der Waals surface area contributed by atoms with Crippen LogP contribution in [0.2, 0.25) is 10.0 Å². The molecule has 0 unspecified atom stereocenters. The van der Waals surface area contributed by atoms with Gasteiger partial charge in [-0.25, -0.2) is 4.79 Å². The lowest BCUT2D eigenvalue weighted by Crippen LogP contribution is -2.50. The topological polar surface area (TPSA) is 32.8 Å². The highest BCUT2D eigenvalue weighted by atomic mass is 35.5. The van der Waals surface area contributed by atoms with E-state index in [1.807, 2.05) is 30.1 Å². The largest absolute Gasteiger partial charge is 0.376 e. The second-order valence-corrected chi connectivity index (χ2v) is 7.50. The van der Waals surface area contributed by atoms with Crippen molar-refractivity contribution in [3.8, 4) is 0 Å². The van der Waals surface area contributed by atoms with Crippen LogP contribution in [-0.2, 0) is 4.74 Å². The summed E-state index contributed by atoms with van der Waals surface area (Å²) in [5, 5.41) is 1.14. The average Bonchev–Trinajstić information content (AvgIpc) is 2.80. The van der Waals surface area contributed by atoms with Crippen LogP contribution >= 0.6 is 23.2 Å². The van der Waals surface area contributed by atoms with Gasteiger partial charge in [0.25, 0.3) is 0 Å². The van der Waals surface area contributed by atoms with Crippen LogP contribution in [0.1, 0.15) is 37.2 Å². The molecule has 2 aliphatic rings. The predicted molar refractivity (Wildman–Crippen MR) is 97.0 cm³/mol. The van der Waals surface area contributed by atoms with E-state index in [2.05, 4.69) is 0 Å². The maximum absolute atomic E-state index is 12.4. The van der Waals surface area contributed by atoms with Crippen LogP contribution < -0.4 is 0 Å². The van der Waals surface area contributed by atoms with Gasteiger partial charge in [0.1, 0.15) is 0 Å². The number of ether oxygens (including phenoxy) is 1. The number of hydrogen-bond donors (Lipinski definition) is 0. The first-order valence-corrected chi connectivity index (χ1v) is 9.38. The monoisotopic (exact) mass is 370 g/mol. The molecule has 6 heteroatoms. The number of rotatable bonds is 3. The van der Waals surface area contributed by atoms with Crippen molar-refractivity contribution in [2.45, 2.75) is 37.7 Å². The van der Waals surface area contributed by atoms with E-state index in [9.17, 15) is 4.79 Å². The molecule has 0 N–H and O–H groups in total. The summed E-state index contributed by atoms with van der Waals surface area (Å²) in [5.74, 6) is 0.238. The molecule has 0 saturated carbocycles. The van der Waals surface area contributed by atoms with Crippen molar-refractivity contribution >= 4 is 29.2 Å². The number of carbonyl (C=O) groups is 1. The predicted octanol–water partition coefficient (Wildman–Crippen LogP) is 4.40. The minimum atomic E-state index is 0.000178. The van der Waals surface area contributed by atoms with E-state index in [1.165, 1.54) is 0 Å². The third kappa shape index (κ3) is 3.98. The van der Waals surface area contributed by atoms with E-state index in [1.54, 1.807) is 4.90 Å². The smallest absolute Gasteiger partial charge is 0.319 e. The van der Waals surface area contributed by atoms with Crippen LogP contribution in [0, 0.1) is 0 Å². The highest BCUT2D eigenvalue weighted by Crippen LogP contribution is 2.34. The molecule has 0 aromatic heterocycles. The first-order chi connectivity index (χ1) is 11.6. The fourth-order valence-electron chi connectivity index (χ4n) is 3.63. The molecule has 132 valence electrons. The molecule has 2 saturated heterocycles. The molecule has 2 fully saturated rings. The Hall–Kier alpha value is -0.970. The minimum Gasteiger partial charge on any atom is -0.376 e. The SMILES string of the molecule is CN1CCCN(C[C@H]2OCCCC[C@H]2c2ccc(Cl)c(Cl)c2)C1=O. The lowest BCUT2D eigenvalue weighted by atomic mass is 9.89. The molecular weight excluding hydrogens is 347 g/mol. The summed E-state index contributed by atoms with van der Waals surface area (Å²) >= 11 is 12.3. The summed E-state index contributed by atoms with van der Waals surface area (Å²) in [6.07, 6.45) is 4.23. The van der Waals surface area contributed by atoms with Gasteiger partial charge < -0.3 is 14.5 Å². The van der Waals surface area contributed by atoms with Gasteiger partial charge in [-0.05, 0) is 37.0 Å². The summed E-state index contributed by atoms with van der Waals surface area (Å²) in [4.78, 5) is 16.1. The summed E-state index contributed by atoms with van der Waals surface area (Å²) in [6, 6.07) is 5.92. The third-order valence-corrected chi connectivity index (χ3v) is 5.72. The van der Waals surface area contributed by atoms with E-state index in [-0.39, 0.29) is 18.1 Å². The van der Waals surface area contributed by atoms with Gasteiger partial charge in [0.2, 0.25) is 0 Å². The molecule has 0 spiro atoms. The number of nitrogens with zero attached hydrogens (tertiary/aromatic N) is 2. The Morgan fingerprint density at radius 2 is 2.00 bits per heavy atom. The van der Waals surface area contributed by atoms with Crippen molar-refractivity contribution in [2.24, 2.45) is 0 Å². The minimum absolute atomic E-state index is 0.000178. The van der Waals surface area contributed by atoms with Crippen molar-refractivity contribution in [3.63, 3.8) is 0 Å². The lowest BCUT2D eigenvalue weighted by Gasteiger charge is -2.37. The summed E-state index contributed by atoms with van der Waals surface area (Å²) < 4.78 is 6.14. The maximum atomic E-state index is 12.4. The molecule has 1 aromatic carbocycles. The average molecular weight is 371 g/mol. The van der Waals surface area contributed by atoms with E-state index < -0.39 is 0 Å². The maximum Gasteiger partial charge on any atom is 0.319 e. The van der Waals surface area contributed by atoms with Crippen LogP contribution in [0.25, 0.3) is 0 Å². The first kappa shape index (κ1) is 17.8. The van der Waals surface area contributed by atoms with Gasteiger partial charge in [-0.3, -0.25) is 0 Å². The fraction of sp³-hybridized carbons (Fsp3) is 0.611. The number of amides is 2. The Morgan fingerprint density at radius 3 is 2.79 bits per heavy atom. The van der Waals surface area contributed by atoms with Crippen LogP contribution in [0.4, 0.5) is 4.79 Å². The zero-order valence-electron chi connectivity index (χ0n) is 14.0. The van der Waals surface area contributed by atoms with Crippen LogP contribution in [-0.4, -0.2) is 55.2 Å². The van der Waals surface area contributed by atoms with Crippen molar-refractivity contribution in [3.05, 3.63) is 33.8 Å². The Labute approximate surface area is 153 Å². The standard InChI is InChI=1S/C18H24Cl2N2O2/c1-21-8-4-9-22(18(21)23)12-17-14(5-2-3-10-24-17)13-6-7-15(19)16(20)11-13/h6-7,11,14,17H,2-5,8-10,12H2,1H3/t14-,17+/m0/s1. The van der Waals surface area contributed by atoms with Gasteiger partial charge in [0.05, 0.1) is 16.1 Å². The molecule has 3 rings (SSSR count). The molecule has 2 amide bonds. The number of halogens is 2. The van der Waals surface area contributed by atoms with Gasteiger partial charge in [0.15, 0.2) is 0 Å². The Kier molecular flexibility index (Phi) is 5.90. The van der Waals surface area contributed by atoms with Gasteiger partial charge in [-0.2, -0.15) is 0 Å². The van der Waals surface area contributed by atoms with Crippen molar-refractivity contribution in [2.75, 3.05) is 33.3 Å². The number of carbonyl (C=O) groups excluding carboxylic acids is 1. The number of hydrogen-bond acceptors (Lipinski definition) is 2. The highest BCUT2D eigenvalue weighted by Gasteiger charge is 2.32. The van der Waals surface area contributed by atoms with Gasteiger partial charge in [-0.15, -0.1) is 0 Å². The molecular formula is C18H24Cl2N2O2. The Balaban J connectivity index is 1.79. The first-order valence-electron chi connectivity index (χ1n) is 8.63. The molecule has 1 aromatic rings. The van der Waals surface area contributed by atoms with Crippen molar-refractivity contribution in [1.82, 2.24) is 9.80 Å². The quantitative estimate of drug-likeness (QED) is 0.789. The van der Waals surface area contributed by atoms with Crippen molar-refractivity contribution in [1.29, 1.82) is 0 Å². The third-order valence-electron chi connectivity index (χ3n) is 4.98. The summed E-state index contributed by atoms with van der Waals surface area (Å²) in [7, 11) is 1.86. The van der Waals surface area contributed by atoms with Crippen LogP contribution in [0.5, 0.6) is 0 Å². The van der Waals surface area contributed by atoms with E-state index in [0.29, 0.717) is 16.6 Å². The van der Waals surface area contributed by atoms with Gasteiger partial charge in [-0.1, -0.05) is 35.7 Å². The Bertz CT molecular complexity index is 596. The zero-order valence-corrected chi connectivity index (χ0v) is 15.5. The molecule has 4 nitrogen and oxygen atoms in total. The summed E-state index contributed by atoms with van der Waals surface area (Å²) in [5.41, 5.74) is 1.15. The van der Waals surface area contributed by atoms with E-state index in [4.69, 9.17) is 27.9 Å². The van der Waals surface area contributed by atoms with Gasteiger partial charge >= 0.3 is 6.03 Å². The second kappa shape index (κ2) is 7.94. The van der Waals surface area contributed by atoms with Crippen molar-refractivity contribution < 1.29 is 9.53 Å². The fourth-order valence-corrected chi connectivity index (χ4v) is 3.93. The van der Waals surface area contributed by atoms with E-state index >= 15 is 0 Å². The zero-order chi connectivity index (χ0) is 17.1. The highest BCUT2D eigenvalue weighted by molar-refractivity contribution is 6.42. The second-order valence-electron chi connectivity index (χ2n) is 6.69. The molecule has 2 aliphatic heterocycles. The molecule has 0 aliphatic carbocycles. The molecule has 0 bridgehead atoms. The van der Waals surface area contributed by atoms with E-state index in [0.717, 1.165) is 50.9 Å². The number of benzene rings is 1. The molecule has 24 heavy (non-hydrogen) atoms. The molecule has 2 atom stereocenters. The number of urea groups is 1.